The average Bonchev–Trinajstić information content (AvgIpc) is 2.33. The van der Waals surface area contributed by atoms with Crippen molar-refractivity contribution in [3.63, 3.8) is 0 Å². The van der Waals surface area contributed by atoms with E-state index in [0.717, 1.165) is 19.4 Å². The highest BCUT2D eigenvalue weighted by molar-refractivity contribution is 5.70. The topological polar surface area (TPSA) is 78.9 Å². The second-order valence-corrected chi connectivity index (χ2v) is 4.20. The molecule has 0 fully saturated rings. The molecule has 0 radical (unpaired) electrons. The minimum absolute atomic E-state index is 0.341. The van der Waals surface area contributed by atoms with E-state index in [0.29, 0.717) is 19.4 Å². The molecule has 5 heteroatoms. The highest BCUT2D eigenvalue weighted by Gasteiger charge is 2.14. The lowest BCUT2D eigenvalue weighted by molar-refractivity contribution is -0.141. The summed E-state index contributed by atoms with van der Waals surface area (Å²) < 4.78 is 0. The third-order valence-corrected chi connectivity index (χ3v) is 2.57. The Hall–Kier alpha value is -1.36. The molecule has 0 aromatic carbocycles. The smallest absolute Gasteiger partial charge is 0.306 e. The van der Waals surface area contributed by atoms with Gasteiger partial charge in [-0.15, -0.1) is 0 Å². The minimum atomic E-state index is -0.751. The molecule has 104 valence electrons. The second kappa shape index (κ2) is 10.8. The Morgan fingerprint density at radius 3 is 2.78 bits per heavy atom. The van der Waals surface area contributed by atoms with E-state index in [-0.39, 0.29) is 5.92 Å². The molecular formula is C13H25N3O2. The summed E-state index contributed by atoms with van der Waals surface area (Å²) in [4.78, 5) is 16.9. The fourth-order valence-electron chi connectivity index (χ4n) is 1.64. The number of carboxylic acid groups (broad SMARTS) is 1. The van der Waals surface area contributed by atoms with E-state index in [1.165, 1.54) is 0 Å². The lowest BCUT2D eigenvalue weighted by Gasteiger charge is -2.13. The van der Waals surface area contributed by atoms with Crippen molar-refractivity contribution in [1.82, 2.24) is 4.90 Å². The molecule has 1 atom stereocenters. The Morgan fingerprint density at radius 1 is 1.56 bits per heavy atom. The van der Waals surface area contributed by atoms with Crippen molar-refractivity contribution in [2.75, 3.05) is 20.1 Å². The SMILES string of the molecule is CCCN(C=NC)/C=C/C[C@@H](CCCN)C(=O)O. The molecule has 0 amide bonds. The van der Waals surface area contributed by atoms with Gasteiger partial charge in [0.2, 0.25) is 0 Å². The number of allylic oxidation sites excluding steroid dienone is 1. The number of aliphatic carboxylic acids is 1. The number of hydrogen-bond donors (Lipinski definition) is 2. The zero-order valence-corrected chi connectivity index (χ0v) is 11.4. The van der Waals surface area contributed by atoms with E-state index < -0.39 is 5.97 Å². The number of nitrogens with zero attached hydrogens (tertiary/aromatic N) is 2. The zero-order chi connectivity index (χ0) is 13.8. The minimum Gasteiger partial charge on any atom is -0.481 e. The molecule has 0 aliphatic heterocycles. The first-order valence-corrected chi connectivity index (χ1v) is 6.43. The number of hydrogen-bond acceptors (Lipinski definition) is 3. The summed E-state index contributed by atoms with van der Waals surface area (Å²) in [7, 11) is 1.72. The van der Waals surface area contributed by atoms with Gasteiger partial charge in [0.1, 0.15) is 0 Å². The predicted octanol–water partition coefficient (Wildman–Crippen LogP) is 1.70. The maximum Gasteiger partial charge on any atom is 0.306 e. The first kappa shape index (κ1) is 16.6. The molecule has 0 aliphatic carbocycles. The quantitative estimate of drug-likeness (QED) is 0.460. The van der Waals surface area contributed by atoms with Crippen molar-refractivity contribution in [3.05, 3.63) is 12.3 Å². The van der Waals surface area contributed by atoms with Crippen molar-refractivity contribution in [3.8, 4) is 0 Å². The first-order chi connectivity index (χ1) is 8.65. The Morgan fingerprint density at radius 2 is 2.28 bits per heavy atom. The Bertz CT molecular complexity index is 277. The number of carboxylic acids is 1. The van der Waals surface area contributed by atoms with Gasteiger partial charge in [0.15, 0.2) is 0 Å². The summed E-state index contributed by atoms with van der Waals surface area (Å²) in [5.74, 6) is -1.09. The summed E-state index contributed by atoms with van der Waals surface area (Å²) >= 11 is 0. The number of aliphatic imine (C=N–C) groups is 1. The van der Waals surface area contributed by atoms with Gasteiger partial charge in [0.05, 0.1) is 12.3 Å². The summed E-state index contributed by atoms with van der Waals surface area (Å²) in [5.41, 5.74) is 5.40. The summed E-state index contributed by atoms with van der Waals surface area (Å²) in [5, 5.41) is 9.06. The van der Waals surface area contributed by atoms with Crippen molar-refractivity contribution >= 4 is 12.3 Å². The number of rotatable bonds is 10. The molecule has 0 aromatic rings. The molecule has 0 heterocycles. The molecule has 0 saturated heterocycles. The zero-order valence-electron chi connectivity index (χ0n) is 11.4. The molecule has 0 aliphatic rings. The Balaban J connectivity index is 4.25. The van der Waals surface area contributed by atoms with Gasteiger partial charge in [-0.1, -0.05) is 13.0 Å². The van der Waals surface area contributed by atoms with Crippen molar-refractivity contribution in [2.45, 2.75) is 32.6 Å². The fourth-order valence-corrected chi connectivity index (χ4v) is 1.64. The van der Waals surface area contributed by atoms with Crippen LogP contribution in [0.25, 0.3) is 0 Å². The first-order valence-electron chi connectivity index (χ1n) is 6.43. The largest absolute Gasteiger partial charge is 0.481 e. The van der Waals surface area contributed by atoms with Crippen molar-refractivity contribution < 1.29 is 9.90 Å². The van der Waals surface area contributed by atoms with E-state index in [4.69, 9.17) is 10.8 Å². The molecule has 0 saturated carbocycles. The third-order valence-electron chi connectivity index (χ3n) is 2.57. The lowest BCUT2D eigenvalue weighted by Crippen LogP contribution is -2.17. The normalized spacial score (nSPS) is 13.3. The number of nitrogens with two attached hydrogens (primary N) is 1. The van der Waals surface area contributed by atoms with Crippen LogP contribution in [0.2, 0.25) is 0 Å². The molecule has 3 N–H and O–H groups in total. The van der Waals surface area contributed by atoms with E-state index in [2.05, 4.69) is 11.9 Å². The van der Waals surface area contributed by atoms with E-state index >= 15 is 0 Å². The van der Waals surface area contributed by atoms with Gasteiger partial charge in [-0.25, -0.2) is 0 Å². The van der Waals surface area contributed by atoms with Crippen molar-refractivity contribution in [1.29, 1.82) is 0 Å². The van der Waals surface area contributed by atoms with E-state index in [1.807, 2.05) is 17.2 Å². The summed E-state index contributed by atoms with van der Waals surface area (Å²) in [6.07, 6.45) is 8.47. The molecule has 0 spiro atoms. The molecule has 0 aromatic heterocycles. The number of carbonyl (C=O) groups is 1. The summed E-state index contributed by atoms with van der Waals surface area (Å²) in [6.45, 7) is 3.51. The van der Waals surface area contributed by atoms with Crippen LogP contribution in [0, 0.1) is 5.92 Å². The second-order valence-electron chi connectivity index (χ2n) is 4.20. The maximum absolute atomic E-state index is 11.0. The standard InChI is InChI=1S/C13H25N3O2/c1-3-9-16(11-15-2)10-5-7-12(13(17)18)6-4-8-14/h5,10-12H,3-4,6-9,14H2,1-2H3,(H,17,18)/b10-5+,15-11?/t12-/m1/s1. The Kier molecular flexibility index (Phi) is 9.96. The van der Waals surface area contributed by atoms with E-state index in [9.17, 15) is 4.79 Å². The van der Waals surface area contributed by atoms with Crippen LogP contribution in [0.1, 0.15) is 32.6 Å². The third kappa shape index (κ3) is 7.84. The molecule has 5 nitrogen and oxygen atoms in total. The van der Waals surface area contributed by atoms with Gasteiger partial charge in [0, 0.05) is 19.8 Å². The molecule has 18 heavy (non-hydrogen) atoms. The van der Waals surface area contributed by atoms with Crippen LogP contribution in [0.15, 0.2) is 17.3 Å². The van der Waals surface area contributed by atoms with Crippen molar-refractivity contribution in [2.24, 2.45) is 16.6 Å². The van der Waals surface area contributed by atoms with Crippen LogP contribution < -0.4 is 5.73 Å². The highest BCUT2D eigenvalue weighted by atomic mass is 16.4. The average molecular weight is 255 g/mol. The van der Waals surface area contributed by atoms with Crippen LogP contribution in [-0.4, -0.2) is 42.5 Å². The Labute approximate surface area is 109 Å². The van der Waals surface area contributed by atoms with E-state index in [1.54, 1.807) is 13.4 Å². The highest BCUT2D eigenvalue weighted by Crippen LogP contribution is 2.12. The van der Waals surface area contributed by atoms with Crippen LogP contribution in [0.4, 0.5) is 0 Å². The molecule has 0 bridgehead atoms. The van der Waals surface area contributed by atoms with Gasteiger partial charge in [-0.2, -0.15) is 0 Å². The van der Waals surface area contributed by atoms with Gasteiger partial charge < -0.3 is 15.7 Å². The van der Waals surface area contributed by atoms with Gasteiger partial charge in [-0.05, 0) is 32.2 Å². The predicted molar refractivity (Wildman–Crippen MR) is 74.6 cm³/mol. The van der Waals surface area contributed by atoms with Crippen LogP contribution in [0.5, 0.6) is 0 Å². The van der Waals surface area contributed by atoms with Crippen LogP contribution in [-0.2, 0) is 4.79 Å². The lowest BCUT2D eigenvalue weighted by atomic mass is 10.00. The molecular weight excluding hydrogens is 230 g/mol. The van der Waals surface area contributed by atoms with Gasteiger partial charge in [0.25, 0.3) is 0 Å². The summed E-state index contributed by atoms with van der Waals surface area (Å²) in [6, 6.07) is 0. The van der Waals surface area contributed by atoms with Gasteiger partial charge >= 0.3 is 5.97 Å². The molecule has 0 unspecified atom stereocenters. The fraction of sp³-hybridized carbons (Fsp3) is 0.692. The van der Waals surface area contributed by atoms with Crippen LogP contribution in [0.3, 0.4) is 0 Å². The van der Waals surface area contributed by atoms with Crippen LogP contribution >= 0.6 is 0 Å². The monoisotopic (exact) mass is 255 g/mol. The molecule has 0 rings (SSSR count). The van der Waals surface area contributed by atoms with Gasteiger partial charge in [-0.3, -0.25) is 9.79 Å². The maximum atomic E-state index is 11.0.